The van der Waals surface area contributed by atoms with Crippen LogP contribution in [0.1, 0.15) is 18.1 Å². The molecule has 2 heterocycles. The number of hydrogen-bond donors (Lipinski definition) is 0. The fourth-order valence-electron chi connectivity index (χ4n) is 4.35. The molecule has 0 N–H and O–H groups in total. The number of carbonyl (C=O) groups is 1. The zero-order chi connectivity index (χ0) is 19.7. The van der Waals surface area contributed by atoms with E-state index in [0.717, 1.165) is 18.5 Å². The largest absolute Gasteiger partial charge is 0.306 e. The van der Waals surface area contributed by atoms with Crippen LogP contribution in [0.5, 0.6) is 0 Å². The zero-order valence-corrected chi connectivity index (χ0v) is 16.9. The Balaban J connectivity index is 1.58. The lowest BCUT2D eigenvalue weighted by Crippen LogP contribution is -2.62. The van der Waals surface area contributed by atoms with Gasteiger partial charge in [0.25, 0.3) is 0 Å². The predicted octanol–water partition coefficient (Wildman–Crippen LogP) is 2.31. The molecule has 2 atom stereocenters. The number of aryl methyl sites for hydroxylation is 1. The van der Waals surface area contributed by atoms with Crippen molar-refractivity contribution in [2.75, 3.05) is 29.5 Å². The number of nitrogens with zero attached hydrogens (tertiary/aromatic N) is 2. The Bertz CT molecular complexity index is 942. The third-order valence-corrected chi connectivity index (χ3v) is 7.55. The maximum absolute atomic E-state index is 13.0. The highest BCUT2D eigenvalue weighted by Gasteiger charge is 2.49. The number of fused-ring (bicyclic) bond motifs is 1. The molecule has 0 radical (unpaired) electrons. The molecule has 0 aromatic heterocycles. The minimum absolute atomic E-state index is 0.0179. The number of amides is 1. The topological polar surface area (TPSA) is 57.7 Å². The molecule has 4 rings (SSSR count). The number of carbonyl (C=O) groups excluding carboxylic acids is 1. The molecule has 2 saturated heterocycles. The highest BCUT2D eigenvalue weighted by molar-refractivity contribution is 7.91. The summed E-state index contributed by atoms with van der Waals surface area (Å²) in [7, 11) is -3.16. The van der Waals surface area contributed by atoms with E-state index in [4.69, 9.17) is 0 Å². The van der Waals surface area contributed by atoms with E-state index in [1.54, 1.807) is 4.90 Å². The van der Waals surface area contributed by atoms with Gasteiger partial charge >= 0.3 is 0 Å². The van der Waals surface area contributed by atoms with Gasteiger partial charge in [0, 0.05) is 18.3 Å². The standard InChI is InChI=1S/C22H26N2O3S/c1-2-17-8-10-19(11-9-17)24-21-16-28(26,27)15-20(21)23(14-22(24)25)13-12-18-6-4-3-5-7-18/h3-11,20-21H,2,12-16H2,1H3/t20-,21+/m0/s1. The van der Waals surface area contributed by atoms with Crippen LogP contribution < -0.4 is 4.90 Å². The summed E-state index contributed by atoms with van der Waals surface area (Å²) in [4.78, 5) is 16.8. The van der Waals surface area contributed by atoms with Crippen LogP contribution in [0.3, 0.4) is 0 Å². The minimum atomic E-state index is -3.16. The molecule has 2 aliphatic heterocycles. The number of hydrogen-bond acceptors (Lipinski definition) is 4. The molecule has 28 heavy (non-hydrogen) atoms. The van der Waals surface area contributed by atoms with Crippen molar-refractivity contribution in [2.24, 2.45) is 0 Å². The number of benzene rings is 2. The fourth-order valence-corrected chi connectivity index (χ4v) is 6.33. The Labute approximate surface area is 166 Å². The van der Waals surface area contributed by atoms with E-state index >= 15 is 0 Å². The van der Waals surface area contributed by atoms with Gasteiger partial charge in [0.15, 0.2) is 9.84 Å². The first-order valence-corrected chi connectivity index (χ1v) is 11.7. The van der Waals surface area contributed by atoms with Crippen molar-refractivity contribution in [3.63, 3.8) is 0 Å². The summed E-state index contributed by atoms with van der Waals surface area (Å²) in [5.74, 6) is 0.153. The van der Waals surface area contributed by atoms with Crippen LogP contribution in [0.15, 0.2) is 54.6 Å². The molecule has 0 saturated carbocycles. The van der Waals surface area contributed by atoms with Gasteiger partial charge in [-0.3, -0.25) is 9.69 Å². The van der Waals surface area contributed by atoms with Crippen LogP contribution in [-0.2, 0) is 27.5 Å². The lowest BCUT2D eigenvalue weighted by molar-refractivity contribution is -0.123. The van der Waals surface area contributed by atoms with E-state index in [2.05, 4.69) is 24.0 Å². The van der Waals surface area contributed by atoms with Crippen molar-refractivity contribution in [3.8, 4) is 0 Å². The first kappa shape index (κ1) is 19.2. The summed E-state index contributed by atoms with van der Waals surface area (Å²) in [6.45, 7) is 3.04. The van der Waals surface area contributed by atoms with Gasteiger partial charge in [-0.1, -0.05) is 49.4 Å². The molecule has 148 valence electrons. The monoisotopic (exact) mass is 398 g/mol. The van der Waals surface area contributed by atoms with Gasteiger partial charge in [0.05, 0.1) is 24.1 Å². The fraction of sp³-hybridized carbons (Fsp3) is 0.409. The maximum atomic E-state index is 13.0. The van der Waals surface area contributed by atoms with E-state index in [0.29, 0.717) is 6.54 Å². The van der Waals surface area contributed by atoms with E-state index in [1.165, 1.54) is 11.1 Å². The lowest BCUT2D eigenvalue weighted by atomic mass is 10.0. The van der Waals surface area contributed by atoms with Crippen LogP contribution >= 0.6 is 0 Å². The second kappa shape index (κ2) is 7.68. The first-order valence-electron chi connectivity index (χ1n) is 9.86. The Morgan fingerprint density at radius 3 is 2.29 bits per heavy atom. The van der Waals surface area contributed by atoms with Crippen molar-refractivity contribution in [3.05, 3.63) is 65.7 Å². The number of sulfone groups is 1. The molecule has 2 aliphatic rings. The van der Waals surface area contributed by atoms with Gasteiger partial charge in [-0.2, -0.15) is 0 Å². The van der Waals surface area contributed by atoms with Gasteiger partial charge < -0.3 is 4.90 Å². The normalized spacial score (nSPS) is 24.3. The molecular formula is C22H26N2O3S. The highest BCUT2D eigenvalue weighted by atomic mass is 32.2. The van der Waals surface area contributed by atoms with Gasteiger partial charge in [-0.25, -0.2) is 8.42 Å². The number of rotatable bonds is 5. The molecule has 1 amide bonds. The van der Waals surface area contributed by atoms with E-state index < -0.39 is 9.84 Å². The van der Waals surface area contributed by atoms with Gasteiger partial charge in [-0.05, 0) is 36.1 Å². The van der Waals surface area contributed by atoms with Crippen LogP contribution in [0, 0.1) is 0 Å². The summed E-state index contributed by atoms with van der Waals surface area (Å²) in [6.07, 6.45) is 1.74. The quantitative estimate of drug-likeness (QED) is 0.776. The SMILES string of the molecule is CCc1ccc(N2C(=O)CN(CCc3ccccc3)[C@H]3CS(=O)(=O)C[C@H]32)cc1. The van der Waals surface area contributed by atoms with Crippen LogP contribution in [0.2, 0.25) is 0 Å². The number of anilines is 1. The van der Waals surface area contributed by atoms with Crippen molar-refractivity contribution < 1.29 is 13.2 Å². The number of piperazine rings is 1. The molecule has 0 unspecified atom stereocenters. The maximum Gasteiger partial charge on any atom is 0.241 e. The average Bonchev–Trinajstić information content (AvgIpc) is 3.02. The van der Waals surface area contributed by atoms with E-state index in [9.17, 15) is 13.2 Å². The predicted molar refractivity (Wildman–Crippen MR) is 111 cm³/mol. The Kier molecular flexibility index (Phi) is 5.25. The van der Waals surface area contributed by atoms with Gasteiger partial charge in [0.1, 0.15) is 0 Å². The van der Waals surface area contributed by atoms with Gasteiger partial charge in [0.2, 0.25) is 5.91 Å². The second-order valence-electron chi connectivity index (χ2n) is 7.70. The van der Waals surface area contributed by atoms with Crippen molar-refractivity contribution in [1.29, 1.82) is 0 Å². The first-order chi connectivity index (χ1) is 13.5. The van der Waals surface area contributed by atoms with Crippen LogP contribution in [-0.4, -0.2) is 55.9 Å². The van der Waals surface area contributed by atoms with Crippen LogP contribution in [0.25, 0.3) is 0 Å². The molecule has 6 heteroatoms. The average molecular weight is 399 g/mol. The van der Waals surface area contributed by atoms with Crippen molar-refractivity contribution in [2.45, 2.75) is 31.8 Å². The molecule has 5 nitrogen and oxygen atoms in total. The molecule has 0 spiro atoms. The Hall–Kier alpha value is -2.18. The summed E-state index contributed by atoms with van der Waals surface area (Å²) in [5.41, 5.74) is 3.20. The lowest BCUT2D eigenvalue weighted by Gasteiger charge is -2.43. The van der Waals surface area contributed by atoms with Crippen molar-refractivity contribution in [1.82, 2.24) is 4.90 Å². The molecule has 2 aromatic carbocycles. The minimum Gasteiger partial charge on any atom is -0.306 e. The zero-order valence-electron chi connectivity index (χ0n) is 16.1. The molecule has 2 fully saturated rings. The smallest absolute Gasteiger partial charge is 0.241 e. The highest BCUT2D eigenvalue weighted by Crippen LogP contribution is 2.32. The van der Waals surface area contributed by atoms with E-state index in [1.807, 2.05) is 42.5 Å². The summed E-state index contributed by atoms with van der Waals surface area (Å²) in [5, 5.41) is 0. The summed E-state index contributed by atoms with van der Waals surface area (Å²) < 4.78 is 24.9. The Morgan fingerprint density at radius 1 is 0.929 bits per heavy atom. The third-order valence-electron chi connectivity index (χ3n) is 5.85. The Morgan fingerprint density at radius 2 is 1.61 bits per heavy atom. The molecule has 2 aromatic rings. The third kappa shape index (κ3) is 3.84. The summed E-state index contributed by atoms with van der Waals surface area (Å²) in [6, 6.07) is 17.6. The second-order valence-corrected chi connectivity index (χ2v) is 9.86. The van der Waals surface area contributed by atoms with Crippen molar-refractivity contribution >= 4 is 21.4 Å². The van der Waals surface area contributed by atoms with Gasteiger partial charge in [-0.15, -0.1) is 0 Å². The summed E-state index contributed by atoms with van der Waals surface area (Å²) >= 11 is 0. The molecule has 0 aliphatic carbocycles. The molecular weight excluding hydrogens is 372 g/mol. The van der Waals surface area contributed by atoms with E-state index in [-0.39, 0.29) is 36.0 Å². The molecule has 0 bridgehead atoms. The van der Waals surface area contributed by atoms with Crippen LogP contribution in [0.4, 0.5) is 5.69 Å².